The monoisotopic (exact) mass is 359 g/mol. The van der Waals surface area contributed by atoms with Crippen molar-refractivity contribution >= 4 is 33.7 Å². The van der Waals surface area contributed by atoms with Gasteiger partial charge in [0.15, 0.2) is 10.9 Å². The lowest BCUT2D eigenvalue weighted by atomic mass is 10.1. The minimum absolute atomic E-state index is 0.724. The molecule has 7 heteroatoms. The lowest BCUT2D eigenvalue weighted by molar-refractivity contribution is 0.487. The average molecular weight is 359 g/mol. The van der Waals surface area contributed by atoms with Gasteiger partial charge in [-0.3, -0.25) is 0 Å². The first-order chi connectivity index (χ1) is 12.8. The molecular weight excluding hydrogens is 346 g/mol. The van der Waals surface area contributed by atoms with Crippen molar-refractivity contribution in [2.45, 2.75) is 5.09 Å². The number of thioether (sulfide) groups is 1. The van der Waals surface area contributed by atoms with Crippen LogP contribution in [0.4, 0.5) is 0 Å². The Labute approximate surface area is 152 Å². The number of furan rings is 1. The van der Waals surface area contributed by atoms with E-state index in [1.54, 1.807) is 18.1 Å². The smallest absolute Gasteiger partial charge is 0.160 e. The molecule has 2 aromatic carbocycles. The van der Waals surface area contributed by atoms with Crippen LogP contribution in [0.1, 0.15) is 0 Å². The van der Waals surface area contributed by atoms with Crippen LogP contribution in [0.5, 0.6) is 0 Å². The van der Waals surface area contributed by atoms with E-state index < -0.39 is 0 Å². The fourth-order valence-electron chi connectivity index (χ4n) is 2.99. The molecule has 0 aliphatic rings. The van der Waals surface area contributed by atoms with E-state index in [0.717, 1.165) is 44.2 Å². The van der Waals surface area contributed by atoms with Crippen molar-refractivity contribution in [3.05, 3.63) is 60.9 Å². The SMILES string of the molecule is CSc1ccc(-c2ncnc3ccc(-n4nnc5ccccc54)cc23)o1. The highest BCUT2D eigenvalue weighted by Crippen LogP contribution is 2.31. The van der Waals surface area contributed by atoms with E-state index in [1.165, 1.54) is 0 Å². The van der Waals surface area contributed by atoms with Crippen molar-refractivity contribution in [1.29, 1.82) is 0 Å². The summed E-state index contributed by atoms with van der Waals surface area (Å²) in [6.45, 7) is 0. The van der Waals surface area contributed by atoms with Crippen molar-refractivity contribution in [1.82, 2.24) is 25.0 Å². The molecule has 3 heterocycles. The molecule has 3 aromatic heterocycles. The number of rotatable bonds is 3. The second-order valence-corrected chi connectivity index (χ2v) is 6.55. The fraction of sp³-hybridized carbons (Fsp3) is 0.0526. The van der Waals surface area contributed by atoms with Crippen molar-refractivity contribution in [2.75, 3.05) is 6.26 Å². The molecule has 0 aliphatic carbocycles. The van der Waals surface area contributed by atoms with E-state index >= 15 is 0 Å². The first-order valence-corrected chi connectivity index (χ1v) is 9.26. The number of hydrogen-bond donors (Lipinski definition) is 0. The Balaban J connectivity index is 1.73. The Kier molecular flexibility index (Phi) is 3.46. The predicted molar refractivity (Wildman–Crippen MR) is 101 cm³/mol. The molecule has 0 unspecified atom stereocenters. The fourth-order valence-corrected chi connectivity index (χ4v) is 3.37. The van der Waals surface area contributed by atoms with Crippen LogP contribution < -0.4 is 0 Å². The van der Waals surface area contributed by atoms with Crippen LogP contribution in [-0.2, 0) is 0 Å². The molecular formula is C19H13N5OS. The summed E-state index contributed by atoms with van der Waals surface area (Å²) in [6.07, 6.45) is 3.54. The van der Waals surface area contributed by atoms with Gasteiger partial charge in [0.05, 0.1) is 16.7 Å². The van der Waals surface area contributed by atoms with E-state index in [2.05, 4.69) is 20.3 Å². The standard InChI is InChI=1S/C19H13N5OS/c1-26-18-9-8-17(25-18)19-13-10-12(6-7-14(13)20-11-21-19)24-16-5-3-2-4-15(16)22-23-24/h2-11H,1H3. The van der Waals surface area contributed by atoms with E-state index in [0.29, 0.717) is 0 Å². The molecule has 5 rings (SSSR count). The summed E-state index contributed by atoms with van der Waals surface area (Å²) in [6, 6.07) is 17.7. The maximum Gasteiger partial charge on any atom is 0.160 e. The maximum atomic E-state index is 5.87. The summed E-state index contributed by atoms with van der Waals surface area (Å²) in [4.78, 5) is 8.83. The highest BCUT2D eigenvalue weighted by atomic mass is 32.2. The third kappa shape index (κ3) is 2.36. The summed E-state index contributed by atoms with van der Waals surface area (Å²) in [7, 11) is 0. The van der Waals surface area contributed by atoms with Gasteiger partial charge in [-0.1, -0.05) is 29.1 Å². The molecule has 0 spiro atoms. The highest BCUT2D eigenvalue weighted by Gasteiger charge is 2.13. The molecule has 26 heavy (non-hydrogen) atoms. The zero-order valence-electron chi connectivity index (χ0n) is 13.8. The molecule has 0 saturated heterocycles. The summed E-state index contributed by atoms with van der Waals surface area (Å²) in [5, 5.41) is 10.3. The highest BCUT2D eigenvalue weighted by molar-refractivity contribution is 7.98. The summed E-state index contributed by atoms with van der Waals surface area (Å²) in [5.41, 5.74) is 4.33. The van der Waals surface area contributed by atoms with Gasteiger partial charge < -0.3 is 4.42 Å². The number of benzene rings is 2. The molecule has 5 aromatic rings. The van der Waals surface area contributed by atoms with Gasteiger partial charge in [0.1, 0.15) is 17.5 Å². The summed E-state index contributed by atoms with van der Waals surface area (Å²) < 4.78 is 7.69. The number of fused-ring (bicyclic) bond motifs is 2. The van der Waals surface area contributed by atoms with Crippen molar-refractivity contribution < 1.29 is 4.42 Å². The Morgan fingerprint density at radius 2 is 1.88 bits per heavy atom. The summed E-state index contributed by atoms with van der Waals surface area (Å²) in [5.74, 6) is 0.724. The Bertz CT molecular complexity index is 1240. The molecule has 0 atom stereocenters. The Morgan fingerprint density at radius 1 is 0.962 bits per heavy atom. The molecule has 0 fully saturated rings. The molecule has 126 valence electrons. The second-order valence-electron chi connectivity index (χ2n) is 5.74. The van der Waals surface area contributed by atoms with Gasteiger partial charge in [0.2, 0.25) is 0 Å². The zero-order valence-corrected chi connectivity index (χ0v) is 14.6. The van der Waals surface area contributed by atoms with Crippen LogP contribution in [0.15, 0.2) is 70.4 Å². The van der Waals surface area contributed by atoms with Crippen LogP contribution in [0.2, 0.25) is 0 Å². The van der Waals surface area contributed by atoms with E-state index in [9.17, 15) is 0 Å². The number of aromatic nitrogens is 5. The van der Waals surface area contributed by atoms with E-state index in [-0.39, 0.29) is 0 Å². The van der Waals surface area contributed by atoms with Crippen LogP contribution in [-0.4, -0.2) is 31.2 Å². The second kappa shape index (κ2) is 5.96. The molecule has 6 nitrogen and oxygen atoms in total. The first-order valence-electron chi connectivity index (χ1n) is 8.03. The largest absolute Gasteiger partial charge is 0.448 e. The van der Waals surface area contributed by atoms with Crippen LogP contribution in [0.3, 0.4) is 0 Å². The molecule has 0 saturated carbocycles. The predicted octanol–water partition coefficient (Wildman–Crippen LogP) is 4.35. The van der Waals surface area contributed by atoms with Gasteiger partial charge >= 0.3 is 0 Å². The van der Waals surface area contributed by atoms with Gasteiger partial charge in [-0.2, -0.15) is 0 Å². The maximum absolute atomic E-state index is 5.87. The van der Waals surface area contributed by atoms with E-state index in [1.807, 2.05) is 65.5 Å². The third-order valence-corrected chi connectivity index (χ3v) is 4.85. The molecule has 0 radical (unpaired) electrons. The first kappa shape index (κ1) is 15.1. The van der Waals surface area contributed by atoms with Crippen LogP contribution >= 0.6 is 11.8 Å². The van der Waals surface area contributed by atoms with Gasteiger partial charge in [-0.25, -0.2) is 14.6 Å². The lowest BCUT2D eigenvalue weighted by Gasteiger charge is -2.06. The van der Waals surface area contributed by atoms with Crippen molar-refractivity contribution in [2.24, 2.45) is 0 Å². The van der Waals surface area contributed by atoms with Crippen molar-refractivity contribution in [3.63, 3.8) is 0 Å². The average Bonchev–Trinajstić information content (AvgIpc) is 3.34. The minimum atomic E-state index is 0.724. The number of nitrogens with zero attached hydrogens (tertiary/aromatic N) is 5. The Hall–Kier alpha value is -3.19. The topological polar surface area (TPSA) is 69.6 Å². The van der Waals surface area contributed by atoms with Crippen LogP contribution in [0, 0.1) is 0 Å². The molecule has 0 aliphatic heterocycles. The van der Waals surface area contributed by atoms with Gasteiger partial charge in [0, 0.05) is 5.39 Å². The quantitative estimate of drug-likeness (QED) is 0.446. The third-order valence-electron chi connectivity index (χ3n) is 4.23. The summed E-state index contributed by atoms with van der Waals surface area (Å²) >= 11 is 1.56. The zero-order chi connectivity index (χ0) is 17.5. The minimum Gasteiger partial charge on any atom is -0.448 e. The lowest BCUT2D eigenvalue weighted by Crippen LogP contribution is -1.97. The van der Waals surface area contributed by atoms with Gasteiger partial charge in [-0.15, -0.1) is 5.10 Å². The van der Waals surface area contributed by atoms with Crippen LogP contribution in [0.25, 0.3) is 39.1 Å². The number of hydrogen-bond acceptors (Lipinski definition) is 6. The van der Waals surface area contributed by atoms with E-state index in [4.69, 9.17) is 4.42 Å². The molecule has 0 bridgehead atoms. The molecule has 0 amide bonds. The van der Waals surface area contributed by atoms with Gasteiger partial charge in [-0.05, 0) is 48.7 Å². The Morgan fingerprint density at radius 3 is 2.77 bits per heavy atom. The molecule has 0 N–H and O–H groups in total. The normalized spacial score (nSPS) is 11.4. The number of para-hydroxylation sites is 1. The van der Waals surface area contributed by atoms with Crippen molar-refractivity contribution in [3.8, 4) is 17.1 Å². The van der Waals surface area contributed by atoms with Gasteiger partial charge in [0.25, 0.3) is 0 Å².